The highest BCUT2D eigenvalue weighted by atomic mass is 16.8. The molecule has 1 spiro atoms. The van der Waals surface area contributed by atoms with Gasteiger partial charge in [0.05, 0.1) is 32.0 Å². The van der Waals surface area contributed by atoms with Crippen LogP contribution in [-0.4, -0.2) is 135 Å². The summed E-state index contributed by atoms with van der Waals surface area (Å²) in [6, 6.07) is 0. The topological polar surface area (TPSA) is 197 Å². The van der Waals surface area contributed by atoms with E-state index in [1.807, 2.05) is 0 Å². The average molecular weight is 741 g/mol. The Morgan fingerprint density at radius 1 is 0.673 bits per heavy atom. The van der Waals surface area contributed by atoms with Crippen molar-refractivity contribution in [2.24, 2.45) is 52.3 Å². The van der Waals surface area contributed by atoms with Crippen LogP contribution in [-0.2, 0) is 28.4 Å². The van der Waals surface area contributed by atoms with Crippen LogP contribution in [0.2, 0.25) is 0 Å². The SMILES string of the molecule is CC1CC[C@]2(OC1)OC1C[C@H]3C4CC[C@@H]5C[C@H](OC6OC(CO)C(O)C(O)C6OC6OC(CO)C(O)C(O)C6O)CC[C@@]5(C)C4CC[C@@]3(C)C1[C@H]2C. The normalized spacial score (nSPS) is 59.0. The van der Waals surface area contributed by atoms with Crippen LogP contribution in [0.4, 0.5) is 0 Å². The van der Waals surface area contributed by atoms with Crippen molar-refractivity contribution >= 4 is 0 Å². The number of fused-ring (bicyclic) bond motifs is 7. The van der Waals surface area contributed by atoms with Gasteiger partial charge in [-0.05, 0) is 104 Å². The second kappa shape index (κ2) is 14.1. The first kappa shape index (κ1) is 38.4. The van der Waals surface area contributed by atoms with Gasteiger partial charge in [-0.25, -0.2) is 0 Å². The summed E-state index contributed by atoms with van der Waals surface area (Å²) < 4.78 is 37.5. The number of aliphatic hydroxyl groups excluding tert-OH is 7. The van der Waals surface area contributed by atoms with E-state index >= 15 is 0 Å². The molecule has 52 heavy (non-hydrogen) atoms. The molecule has 0 aromatic rings. The molecule has 15 unspecified atom stereocenters. The zero-order chi connectivity index (χ0) is 36.9. The molecule has 8 aliphatic rings. The molecule has 0 bridgehead atoms. The maximum Gasteiger partial charge on any atom is 0.187 e. The van der Waals surface area contributed by atoms with E-state index in [1.165, 1.54) is 25.7 Å². The average Bonchev–Trinajstić information content (AvgIpc) is 3.58. The molecule has 4 aliphatic carbocycles. The fourth-order valence-corrected chi connectivity index (χ4v) is 13.2. The van der Waals surface area contributed by atoms with Gasteiger partial charge in [0.15, 0.2) is 18.4 Å². The summed E-state index contributed by atoms with van der Waals surface area (Å²) in [6.45, 7) is 9.33. The van der Waals surface area contributed by atoms with Crippen molar-refractivity contribution in [2.75, 3.05) is 19.8 Å². The number of aliphatic hydroxyl groups is 7. The van der Waals surface area contributed by atoms with Crippen molar-refractivity contribution in [1.82, 2.24) is 0 Å². The van der Waals surface area contributed by atoms with E-state index in [1.54, 1.807) is 0 Å². The summed E-state index contributed by atoms with van der Waals surface area (Å²) >= 11 is 0. The third kappa shape index (κ3) is 5.98. The predicted molar refractivity (Wildman–Crippen MR) is 183 cm³/mol. The van der Waals surface area contributed by atoms with Gasteiger partial charge in [-0.1, -0.05) is 27.7 Å². The molecular formula is C39H64O13. The Morgan fingerprint density at radius 3 is 2.06 bits per heavy atom. The van der Waals surface area contributed by atoms with Crippen molar-refractivity contribution in [3.63, 3.8) is 0 Å². The first-order chi connectivity index (χ1) is 24.7. The van der Waals surface area contributed by atoms with Gasteiger partial charge < -0.3 is 64.2 Å². The summed E-state index contributed by atoms with van der Waals surface area (Å²) in [7, 11) is 0. The lowest BCUT2D eigenvalue weighted by atomic mass is 9.44. The van der Waals surface area contributed by atoms with Crippen LogP contribution in [0, 0.1) is 52.3 Å². The van der Waals surface area contributed by atoms with Crippen molar-refractivity contribution in [3.05, 3.63) is 0 Å². The summed E-state index contributed by atoms with van der Waals surface area (Å²) in [5.41, 5.74) is 0.425. The molecule has 4 aliphatic heterocycles. The lowest BCUT2D eigenvalue weighted by Crippen LogP contribution is -2.65. The molecule has 298 valence electrons. The lowest BCUT2D eigenvalue weighted by molar-refractivity contribution is -0.373. The summed E-state index contributed by atoms with van der Waals surface area (Å²) in [5, 5.41) is 72.7. The molecule has 7 N–H and O–H groups in total. The highest BCUT2D eigenvalue weighted by Gasteiger charge is 2.69. The van der Waals surface area contributed by atoms with Crippen molar-refractivity contribution < 1.29 is 64.2 Å². The molecule has 4 heterocycles. The molecule has 8 rings (SSSR count). The van der Waals surface area contributed by atoms with Crippen LogP contribution >= 0.6 is 0 Å². The van der Waals surface area contributed by atoms with E-state index in [4.69, 9.17) is 28.4 Å². The number of ether oxygens (including phenoxy) is 6. The third-order valence-corrected chi connectivity index (χ3v) is 16.2. The Balaban J connectivity index is 0.942. The van der Waals surface area contributed by atoms with Crippen molar-refractivity contribution in [1.29, 1.82) is 0 Å². The first-order valence-corrected chi connectivity index (χ1v) is 20.3. The van der Waals surface area contributed by atoms with Gasteiger partial charge in [0.2, 0.25) is 0 Å². The Hall–Kier alpha value is -0.520. The third-order valence-electron chi connectivity index (χ3n) is 16.2. The second-order valence-electron chi connectivity index (χ2n) is 18.7. The molecule has 8 fully saturated rings. The highest BCUT2D eigenvalue weighted by molar-refractivity contribution is 5.15. The van der Waals surface area contributed by atoms with Crippen LogP contribution in [0.25, 0.3) is 0 Å². The molecule has 0 aromatic heterocycles. The van der Waals surface area contributed by atoms with E-state index in [-0.39, 0.29) is 23.0 Å². The smallest absolute Gasteiger partial charge is 0.187 e. The standard InChI is InChI=1S/C39H64O13/c1-18-7-12-39(47-17-18)19(2)28-25(52-39)14-24-22-6-5-20-13-21(8-10-37(20,3)23(22)9-11-38(24,28)4)48-36-34(32(45)30(43)27(16-41)50-36)51-35-33(46)31(44)29(42)26(15-40)49-35/h18-36,40-46H,5-17H2,1-4H3/t18?,19-,20-,21-,22?,23?,24+,25?,26?,27?,28?,29?,30?,31?,32?,33?,34?,35?,36?,37-,38-,39+/m1/s1. The molecule has 0 radical (unpaired) electrons. The maximum atomic E-state index is 11.1. The van der Waals surface area contributed by atoms with Gasteiger partial charge in [0.1, 0.15) is 48.8 Å². The first-order valence-electron chi connectivity index (χ1n) is 20.3. The zero-order valence-corrected chi connectivity index (χ0v) is 31.2. The van der Waals surface area contributed by atoms with E-state index in [9.17, 15) is 35.7 Å². The van der Waals surface area contributed by atoms with Gasteiger partial charge in [0.25, 0.3) is 0 Å². The largest absolute Gasteiger partial charge is 0.394 e. The van der Waals surface area contributed by atoms with E-state index in [2.05, 4.69) is 27.7 Å². The molecule has 22 atom stereocenters. The van der Waals surface area contributed by atoms with Gasteiger partial charge in [-0.15, -0.1) is 0 Å². The van der Waals surface area contributed by atoms with Gasteiger partial charge in [-0.2, -0.15) is 0 Å². The van der Waals surface area contributed by atoms with Gasteiger partial charge in [0, 0.05) is 12.3 Å². The molecular weight excluding hydrogens is 676 g/mol. The molecule has 4 saturated carbocycles. The maximum absolute atomic E-state index is 11.1. The Kier molecular flexibility index (Phi) is 10.4. The van der Waals surface area contributed by atoms with Crippen LogP contribution in [0.15, 0.2) is 0 Å². The summed E-state index contributed by atoms with van der Waals surface area (Å²) in [4.78, 5) is 0. The summed E-state index contributed by atoms with van der Waals surface area (Å²) in [6.07, 6.45) is -3.88. The Labute approximate surface area is 307 Å². The van der Waals surface area contributed by atoms with E-state index < -0.39 is 80.4 Å². The predicted octanol–water partition coefficient (Wildman–Crippen LogP) is 1.44. The van der Waals surface area contributed by atoms with Crippen LogP contribution in [0.5, 0.6) is 0 Å². The van der Waals surface area contributed by atoms with Crippen molar-refractivity contribution in [2.45, 2.75) is 171 Å². The monoisotopic (exact) mass is 740 g/mol. The Bertz CT molecular complexity index is 1260. The minimum Gasteiger partial charge on any atom is -0.394 e. The van der Waals surface area contributed by atoms with E-state index in [0.29, 0.717) is 41.4 Å². The van der Waals surface area contributed by atoms with Crippen molar-refractivity contribution in [3.8, 4) is 0 Å². The van der Waals surface area contributed by atoms with Crippen LogP contribution in [0.3, 0.4) is 0 Å². The Morgan fingerprint density at radius 2 is 1.37 bits per heavy atom. The second-order valence-corrected chi connectivity index (χ2v) is 18.7. The zero-order valence-electron chi connectivity index (χ0n) is 31.2. The number of hydrogen-bond donors (Lipinski definition) is 7. The van der Waals surface area contributed by atoms with Crippen LogP contribution < -0.4 is 0 Å². The molecule has 0 amide bonds. The van der Waals surface area contributed by atoms with E-state index in [0.717, 1.165) is 45.1 Å². The number of rotatable bonds is 6. The minimum atomic E-state index is -1.71. The quantitative estimate of drug-likeness (QED) is 0.194. The molecule has 13 heteroatoms. The minimum absolute atomic E-state index is 0.168. The highest BCUT2D eigenvalue weighted by Crippen LogP contribution is 2.71. The van der Waals surface area contributed by atoms with Gasteiger partial charge in [-0.3, -0.25) is 0 Å². The lowest BCUT2D eigenvalue weighted by Gasteiger charge is -2.61. The van der Waals surface area contributed by atoms with Gasteiger partial charge >= 0.3 is 0 Å². The fraction of sp³-hybridized carbons (Fsp3) is 1.00. The molecule has 13 nitrogen and oxygen atoms in total. The number of hydrogen-bond acceptors (Lipinski definition) is 13. The van der Waals surface area contributed by atoms with Crippen LogP contribution in [0.1, 0.15) is 91.9 Å². The molecule has 0 aromatic carbocycles. The summed E-state index contributed by atoms with van der Waals surface area (Å²) in [5.74, 6) is 3.51. The fourth-order valence-electron chi connectivity index (χ4n) is 13.2. The molecule has 4 saturated heterocycles.